The van der Waals surface area contributed by atoms with Gasteiger partial charge in [-0.1, -0.05) is 13.8 Å². The molecule has 26 heavy (non-hydrogen) atoms. The molecule has 1 fully saturated rings. The average Bonchev–Trinajstić information content (AvgIpc) is 3.15. The minimum absolute atomic E-state index is 0.0854. The largest absolute Gasteiger partial charge is 0.462 e. The molecule has 5 atom stereocenters. The Kier molecular flexibility index (Phi) is 5.05. The molecular weight excluding hydrogens is 344 g/mol. The smallest absolute Gasteiger partial charge is 0.323 e. The van der Waals surface area contributed by atoms with Gasteiger partial charge in [0.15, 0.2) is 17.7 Å². The molecule has 1 aliphatic heterocycles. The van der Waals surface area contributed by atoms with Gasteiger partial charge in [0.1, 0.15) is 42.8 Å². The zero-order chi connectivity index (χ0) is 19.0. The van der Waals surface area contributed by atoms with Crippen molar-refractivity contribution in [3.05, 3.63) is 12.7 Å². The lowest BCUT2D eigenvalue weighted by molar-refractivity contribution is -0.152. The van der Waals surface area contributed by atoms with Crippen molar-refractivity contribution < 1.29 is 24.5 Å². The molecule has 6 N–H and O–H groups in total. The molecule has 142 valence electrons. The fourth-order valence-electron chi connectivity index (χ4n) is 2.69. The van der Waals surface area contributed by atoms with Crippen molar-refractivity contribution in [3.8, 4) is 0 Å². The number of fused-ring (bicyclic) bond motifs is 1. The normalized spacial score (nSPS) is 27.2. The van der Waals surface area contributed by atoms with Crippen LogP contribution in [0.15, 0.2) is 12.7 Å². The van der Waals surface area contributed by atoms with E-state index in [1.165, 1.54) is 17.2 Å². The van der Waals surface area contributed by atoms with E-state index in [9.17, 15) is 15.0 Å². The zero-order valence-electron chi connectivity index (χ0n) is 14.4. The molecule has 3 rings (SSSR count). The number of nitrogen functional groups attached to an aromatic ring is 1. The fraction of sp³-hybridized carbons (Fsp3) is 0.600. The molecule has 3 heterocycles. The summed E-state index contributed by atoms with van der Waals surface area (Å²) in [4.78, 5) is 23.9. The highest BCUT2D eigenvalue weighted by Gasteiger charge is 2.45. The van der Waals surface area contributed by atoms with Crippen LogP contribution in [-0.2, 0) is 14.3 Å². The number of nitrogens with zero attached hydrogens (tertiary/aromatic N) is 4. The van der Waals surface area contributed by atoms with Crippen LogP contribution in [0.2, 0.25) is 0 Å². The molecule has 2 aromatic rings. The van der Waals surface area contributed by atoms with Gasteiger partial charge in [-0.15, -0.1) is 0 Å². The Labute approximate surface area is 148 Å². The number of imidazole rings is 1. The van der Waals surface area contributed by atoms with E-state index in [1.807, 2.05) is 0 Å². The molecule has 0 radical (unpaired) electrons. The maximum absolute atomic E-state index is 11.9. The number of hydrogen-bond acceptors (Lipinski definition) is 10. The van der Waals surface area contributed by atoms with E-state index >= 15 is 0 Å². The number of rotatable bonds is 5. The Morgan fingerprint density at radius 1 is 1.35 bits per heavy atom. The van der Waals surface area contributed by atoms with E-state index in [2.05, 4.69) is 15.0 Å². The van der Waals surface area contributed by atoms with Gasteiger partial charge in [0.05, 0.1) is 6.33 Å². The van der Waals surface area contributed by atoms with Gasteiger partial charge in [-0.2, -0.15) is 0 Å². The van der Waals surface area contributed by atoms with Crippen molar-refractivity contribution in [2.75, 3.05) is 12.3 Å². The summed E-state index contributed by atoms with van der Waals surface area (Å²) in [5, 5.41) is 20.6. The molecule has 11 nitrogen and oxygen atoms in total. The second-order valence-corrected chi connectivity index (χ2v) is 6.53. The lowest BCUT2D eigenvalue weighted by atomic mass is 10.1. The molecule has 0 saturated carbocycles. The zero-order valence-corrected chi connectivity index (χ0v) is 14.4. The molecule has 11 heteroatoms. The van der Waals surface area contributed by atoms with Gasteiger partial charge >= 0.3 is 5.97 Å². The number of aliphatic hydroxyl groups is 2. The third kappa shape index (κ3) is 3.21. The van der Waals surface area contributed by atoms with E-state index in [0.717, 1.165) is 0 Å². The van der Waals surface area contributed by atoms with Gasteiger partial charge in [0.25, 0.3) is 0 Å². The summed E-state index contributed by atoms with van der Waals surface area (Å²) >= 11 is 0. The van der Waals surface area contributed by atoms with Crippen molar-refractivity contribution in [1.29, 1.82) is 0 Å². The molecule has 1 aliphatic rings. The minimum Gasteiger partial charge on any atom is -0.462 e. The highest BCUT2D eigenvalue weighted by atomic mass is 16.6. The molecule has 1 saturated heterocycles. The van der Waals surface area contributed by atoms with Crippen molar-refractivity contribution in [2.45, 2.75) is 44.4 Å². The van der Waals surface area contributed by atoms with Crippen molar-refractivity contribution in [2.24, 2.45) is 11.7 Å². The number of carbonyl (C=O) groups excluding carboxylic acids is 1. The molecule has 2 aromatic heterocycles. The quantitative estimate of drug-likeness (QED) is 0.459. The lowest BCUT2D eigenvalue weighted by Crippen LogP contribution is -2.40. The SMILES string of the molecule is CC(C)[C@H](N)C(=O)OC[C@H]1O[C@@H](n2cnc3c(N)ncnc32)[C@H](O)[C@H]1O. The van der Waals surface area contributed by atoms with E-state index in [4.69, 9.17) is 20.9 Å². The molecule has 0 aliphatic carbocycles. The van der Waals surface area contributed by atoms with Crippen molar-refractivity contribution in [1.82, 2.24) is 19.5 Å². The standard InChI is InChI=1S/C15H22N6O5/c1-6(2)8(16)15(24)25-3-7-10(22)11(23)14(26-7)21-5-20-9-12(17)18-4-19-13(9)21/h4-8,10-11,14,22-23H,3,16H2,1-2H3,(H2,17,18,19)/t7-,8+,10+,11-,14-/m1/s1. The van der Waals surface area contributed by atoms with Gasteiger partial charge in [-0.05, 0) is 5.92 Å². The Morgan fingerprint density at radius 3 is 2.77 bits per heavy atom. The number of nitrogens with two attached hydrogens (primary N) is 2. The first kappa shape index (κ1) is 18.5. The predicted molar refractivity (Wildman–Crippen MR) is 89.4 cm³/mol. The average molecular weight is 366 g/mol. The molecular formula is C15H22N6O5. The van der Waals surface area contributed by atoms with Gasteiger partial charge in [-0.25, -0.2) is 15.0 Å². The van der Waals surface area contributed by atoms with E-state index in [-0.39, 0.29) is 18.3 Å². The summed E-state index contributed by atoms with van der Waals surface area (Å²) in [6.45, 7) is 3.35. The van der Waals surface area contributed by atoms with E-state index in [0.29, 0.717) is 11.2 Å². The highest BCUT2D eigenvalue weighted by Crippen LogP contribution is 2.32. The summed E-state index contributed by atoms with van der Waals surface area (Å²) in [6.07, 6.45) is -1.77. The second-order valence-electron chi connectivity index (χ2n) is 6.53. The topological polar surface area (TPSA) is 172 Å². The van der Waals surface area contributed by atoms with Crippen LogP contribution in [0, 0.1) is 5.92 Å². The number of esters is 1. The first-order valence-corrected chi connectivity index (χ1v) is 8.18. The third-order valence-corrected chi connectivity index (χ3v) is 4.38. The molecule has 0 bridgehead atoms. The summed E-state index contributed by atoms with van der Waals surface area (Å²) < 4.78 is 12.2. The number of ether oxygens (including phenoxy) is 2. The van der Waals surface area contributed by atoms with E-state index in [1.54, 1.807) is 13.8 Å². The summed E-state index contributed by atoms with van der Waals surface area (Å²) in [5.74, 6) is -0.491. The number of carbonyl (C=O) groups is 1. The molecule has 0 aromatic carbocycles. The van der Waals surface area contributed by atoms with Crippen molar-refractivity contribution in [3.63, 3.8) is 0 Å². The van der Waals surface area contributed by atoms with Crippen LogP contribution in [0.5, 0.6) is 0 Å². The predicted octanol–water partition coefficient (Wildman–Crippen LogP) is -1.45. The van der Waals surface area contributed by atoms with Gasteiger partial charge in [-0.3, -0.25) is 9.36 Å². The van der Waals surface area contributed by atoms with E-state index < -0.39 is 36.6 Å². The van der Waals surface area contributed by atoms with Gasteiger partial charge in [0.2, 0.25) is 0 Å². The number of aromatic nitrogens is 4. The van der Waals surface area contributed by atoms with Crippen LogP contribution < -0.4 is 11.5 Å². The van der Waals surface area contributed by atoms with Crippen LogP contribution in [0.3, 0.4) is 0 Å². The Bertz CT molecular complexity index is 796. The molecule has 0 amide bonds. The molecule has 0 unspecified atom stereocenters. The Balaban J connectivity index is 1.73. The van der Waals surface area contributed by atoms with Gasteiger partial charge < -0.3 is 31.2 Å². The third-order valence-electron chi connectivity index (χ3n) is 4.38. The maximum atomic E-state index is 11.9. The number of aliphatic hydroxyl groups excluding tert-OH is 2. The Hall–Kier alpha value is -2.34. The summed E-state index contributed by atoms with van der Waals surface area (Å²) in [6, 6.07) is -0.772. The van der Waals surface area contributed by atoms with Crippen LogP contribution in [0.1, 0.15) is 20.1 Å². The van der Waals surface area contributed by atoms with Crippen LogP contribution >= 0.6 is 0 Å². The minimum atomic E-state index is -1.27. The second kappa shape index (κ2) is 7.11. The summed E-state index contributed by atoms with van der Waals surface area (Å²) in [5.41, 5.74) is 12.2. The van der Waals surface area contributed by atoms with Crippen LogP contribution in [-0.4, -0.2) is 66.7 Å². The first-order chi connectivity index (χ1) is 12.3. The van der Waals surface area contributed by atoms with Crippen LogP contribution in [0.25, 0.3) is 11.2 Å². The fourth-order valence-corrected chi connectivity index (χ4v) is 2.69. The highest BCUT2D eigenvalue weighted by molar-refractivity contribution is 5.81. The Morgan fingerprint density at radius 2 is 2.08 bits per heavy atom. The van der Waals surface area contributed by atoms with Gasteiger partial charge in [0, 0.05) is 0 Å². The van der Waals surface area contributed by atoms with Crippen LogP contribution in [0.4, 0.5) is 5.82 Å². The van der Waals surface area contributed by atoms with Crippen molar-refractivity contribution >= 4 is 23.0 Å². The number of anilines is 1. The molecule has 0 spiro atoms. The lowest BCUT2D eigenvalue weighted by Gasteiger charge is -2.18. The monoisotopic (exact) mass is 366 g/mol. The maximum Gasteiger partial charge on any atom is 0.323 e. The first-order valence-electron chi connectivity index (χ1n) is 8.18. The summed E-state index contributed by atoms with van der Waals surface area (Å²) in [7, 11) is 0. The number of hydrogen-bond donors (Lipinski definition) is 4.